The number of para-hydroxylation sites is 1. The monoisotopic (exact) mass is 387 g/mol. The van der Waals surface area contributed by atoms with Crippen LogP contribution in [0.25, 0.3) is 21.9 Å². The number of benzene rings is 1. The molecule has 0 radical (unpaired) electrons. The second-order valence-corrected chi connectivity index (χ2v) is 7.18. The van der Waals surface area contributed by atoms with Crippen LogP contribution in [0.4, 0.5) is 5.69 Å². The molecule has 0 atom stereocenters. The highest BCUT2D eigenvalue weighted by Crippen LogP contribution is 2.35. The Morgan fingerprint density at radius 1 is 1.14 bits per heavy atom. The summed E-state index contributed by atoms with van der Waals surface area (Å²) in [6, 6.07) is 11.0. The van der Waals surface area contributed by atoms with Crippen molar-refractivity contribution in [3.63, 3.8) is 0 Å². The number of carbonyl (C=O) groups is 1. The summed E-state index contributed by atoms with van der Waals surface area (Å²) in [5, 5.41) is 4.32. The van der Waals surface area contributed by atoms with Crippen molar-refractivity contribution in [2.75, 3.05) is 11.4 Å². The van der Waals surface area contributed by atoms with Gasteiger partial charge in [0.05, 0.1) is 11.3 Å². The zero-order valence-electron chi connectivity index (χ0n) is 14.6. The van der Waals surface area contributed by atoms with Crippen LogP contribution in [0.3, 0.4) is 0 Å². The summed E-state index contributed by atoms with van der Waals surface area (Å²) in [6.45, 7) is 4.09. The summed E-state index contributed by atoms with van der Waals surface area (Å²) in [6.07, 6.45) is 4.97. The quantitative estimate of drug-likeness (QED) is 0.500. The summed E-state index contributed by atoms with van der Waals surface area (Å²) < 4.78 is 1.60. The first kappa shape index (κ1) is 16.5. The van der Waals surface area contributed by atoms with E-state index >= 15 is 0 Å². The highest BCUT2D eigenvalue weighted by molar-refractivity contribution is 7.15. The fourth-order valence-electron chi connectivity index (χ4n) is 3.31. The lowest BCUT2D eigenvalue weighted by atomic mass is 10.1. The first-order valence-corrected chi connectivity index (χ1v) is 9.37. The largest absolute Gasteiger partial charge is 0.304 e. The lowest BCUT2D eigenvalue weighted by molar-refractivity contribution is -0.112. The number of carbonyl (C=O) groups excluding carboxylic acids is 1. The predicted molar refractivity (Wildman–Crippen MR) is 107 cm³/mol. The third kappa shape index (κ3) is 2.31. The SMILES string of the molecule is C=CCN1C(=O)/C(=c2\sc3nc(-c4cccnc4)nn3c2=O)c2ccccc21. The van der Waals surface area contributed by atoms with Gasteiger partial charge >= 0.3 is 0 Å². The maximum absolute atomic E-state index is 13.0. The molecule has 1 aliphatic heterocycles. The van der Waals surface area contributed by atoms with Crippen molar-refractivity contribution < 1.29 is 4.79 Å². The van der Waals surface area contributed by atoms with E-state index in [0.29, 0.717) is 27.4 Å². The van der Waals surface area contributed by atoms with Crippen molar-refractivity contribution in [2.45, 2.75) is 0 Å². The molecule has 0 unspecified atom stereocenters. The highest BCUT2D eigenvalue weighted by atomic mass is 32.1. The Morgan fingerprint density at radius 3 is 2.75 bits per heavy atom. The molecule has 4 heterocycles. The molecule has 0 saturated carbocycles. The normalized spacial score (nSPS) is 15.3. The summed E-state index contributed by atoms with van der Waals surface area (Å²) in [5.41, 5.74) is 2.29. The second kappa shape index (κ2) is 6.21. The van der Waals surface area contributed by atoms with Crippen LogP contribution in [0.1, 0.15) is 5.56 Å². The molecule has 7 nitrogen and oxygen atoms in total. The minimum absolute atomic E-state index is 0.213. The predicted octanol–water partition coefficient (Wildman–Crippen LogP) is 1.66. The van der Waals surface area contributed by atoms with E-state index < -0.39 is 0 Å². The summed E-state index contributed by atoms with van der Waals surface area (Å²) >= 11 is 1.17. The number of nitrogens with zero attached hydrogens (tertiary/aromatic N) is 5. The lowest BCUT2D eigenvalue weighted by Crippen LogP contribution is -2.32. The van der Waals surface area contributed by atoms with Gasteiger partial charge in [0.2, 0.25) is 4.96 Å². The number of fused-ring (bicyclic) bond motifs is 2. The van der Waals surface area contributed by atoms with Gasteiger partial charge in [-0.15, -0.1) is 11.7 Å². The molecule has 28 heavy (non-hydrogen) atoms. The molecule has 1 aliphatic rings. The van der Waals surface area contributed by atoms with Crippen molar-refractivity contribution in [1.29, 1.82) is 0 Å². The molecule has 1 aromatic carbocycles. The summed E-state index contributed by atoms with van der Waals surface area (Å²) in [4.78, 5) is 36.6. The number of aromatic nitrogens is 4. The van der Waals surface area contributed by atoms with E-state index in [-0.39, 0.29) is 11.5 Å². The van der Waals surface area contributed by atoms with Gasteiger partial charge in [-0.1, -0.05) is 35.6 Å². The van der Waals surface area contributed by atoms with Crippen molar-refractivity contribution in [1.82, 2.24) is 19.6 Å². The van der Waals surface area contributed by atoms with Gasteiger partial charge in [-0.05, 0) is 18.2 Å². The zero-order valence-corrected chi connectivity index (χ0v) is 15.4. The molecule has 0 saturated heterocycles. The van der Waals surface area contributed by atoms with E-state index in [4.69, 9.17) is 0 Å². The van der Waals surface area contributed by atoms with E-state index in [2.05, 4.69) is 21.6 Å². The van der Waals surface area contributed by atoms with E-state index in [9.17, 15) is 9.59 Å². The number of amides is 1. The van der Waals surface area contributed by atoms with Gasteiger partial charge in [-0.3, -0.25) is 14.6 Å². The van der Waals surface area contributed by atoms with Crippen LogP contribution in [-0.2, 0) is 4.79 Å². The minimum Gasteiger partial charge on any atom is -0.304 e. The number of pyridine rings is 1. The smallest absolute Gasteiger partial charge is 0.291 e. The van der Waals surface area contributed by atoms with Gasteiger partial charge in [-0.2, -0.15) is 9.50 Å². The van der Waals surface area contributed by atoms with Crippen LogP contribution >= 0.6 is 11.3 Å². The van der Waals surface area contributed by atoms with Crippen LogP contribution in [-0.4, -0.2) is 32.0 Å². The first-order valence-electron chi connectivity index (χ1n) is 8.55. The van der Waals surface area contributed by atoms with E-state index in [1.807, 2.05) is 30.3 Å². The molecular formula is C20H13N5O2S. The van der Waals surface area contributed by atoms with Gasteiger partial charge < -0.3 is 4.90 Å². The number of anilines is 1. The molecular weight excluding hydrogens is 374 g/mol. The molecule has 0 spiro atoms. The van der Waals surface area contributed by atoms with Gasteiger partial charge in [0.1, 0.15) is 4.53 Å². The average molecular weight is 387 g/mol. The second-order valence-electron chi connectivity index (χ2n) is 6.20. The fourth-order valence-corrected chi connectivity index (χ4v) is 4.31. The molecule has 1 amide bonds. The van der Waals surface area contributed by atoms with E-state index in [1.165, 1.54) is 15.9 Å². The molecule has 8 heteroatoms. The summed E-state index contributed by atoms with van der Waals surface area (Å²) in [5.74, 6) is 0.217. The Hall–Kier alpha value is -3.65. The third-order valence-corrected chi connectivity index (χ3v) is 5.57. The maximum Gasteiger partial charge on any atom is 0.291 e. The van der Waals surface area contributed by atoms with E-state index in [0.717, 1.165) is 16.8 Å². The third-order valence-electron chi connectivity index (χ3n) is 4.54. The van der Waals surface area contributed by atoms with Gasteiger partial charge in [0.25, 0.3) is 11.5 Å². The molecule has 0 aliphatic carbocycles. The molecule has 5 rings (SSSR count). The first-order chi connectivity index (χ1) is 13.7. The Kier molecular flexibility index (Phi) is 3.66. The van der Waals surface area contributed by atoms with Crippen molar-refractivity contribution in [3.05, 3.63) is 81.9 Å². The highest BCUT2D eigenvalue weighted by Gasteiger charge is 2.33. The number of rotatable bonds is 3. The molecule has 4 aromatic rings. The van der Waals surface area contributed by atoms with Crippen molar-refractivity contribution in [3.8, 4) is 11.4 Å². The standard InChI is InChI=1S/C20H13N5O2S/c1-2-10-24-14-8-4-3-7-13(14)15(18(24)26)16-19(27)25-20(28-16)22-17(23-25)12-6-5-9-21-11-12/h2-9,11H,1,10H2/b16-15-. The Bertz CT molecular complexity index is 1360. The molecule has 0 N–H and O–H groups in total. The van der Waals surface area contributed by atoms with Crippen molar-refractivity contribution >= 4 is 33.5 Å². The molecule has 3 aromatic heterocycles. The number of hydrogen-bond acceptors (Lipinski definition) is 6. The molecule has 136 valence electrons. The Balaban J connectivity index is 1.75. The van der Waals surface area contributed by atoms with Gasteiger partial charge in [0, 0.05) is 30.1 Å². The fraction of sp³-hybridized carbons (Fsp3) is 0.0500. The Labute approximate surface area is 162 Å². The average Bonchev–Trinajstić information content (AvgIpc) is 3.35. The van der Waals surface area contributed by atoms with Gasteiger partial charge in [0.15, 0.2) is 5.82 Å². The van der Waals surface area contributed by atoms with Crippen LogP contribution < -0.4 is 15.0 Å². The molecule has 0 fully saturated rings. The topological polar surface area (TPSA) is 80.5 Å². The lowest BCUT2D eigenvalue weighted by Gasteiger charge is -2.13. The van der Waals surface area contributed by atoms with Crippen LogP contribution in [0.2, 0.25) is 0 Å². The molecule has 0 bridgehead atoms. The van der Waals surface area contributed by atoms with Gasteiger partial charge in [-0.25, -0.2) is 0 Å². The minimum atomic E-state index is -0.346. The van der Waals surface area contributed by atoms with Crippen LogP contribution in [0.5, 0.6) is 0 Å². The van der Waals surface area contributed by atoms with Crippen molar-refractivity contribution in [2.24, 2.45) is 0 Å². The Morgan fingerprint density at radius 2 is 2.00 bits per heavy atom. The summed E-state index contributed by atoms with van der Waals surface area (Å²) in [7, 11) is 0. The maximum atomic E-state index is 13.0. The van der Waals surface area contributed by atoms with Crippen LogP contribution in [0.15, 0.2) is 66.2 Å². The number of thiazole rings is 1. The number of hydrogen-bond donors (Lipinski definition) is 0. The van der Waals surface area contributed by atoms with Crippen LogP contribution in [0, 0.1) is 0 Å². The van der Waals surface area contributed by atoms with E-state index in [1.54, 1.807) is 29.4 Å². The zero-order chi connectivity index (χ0) is 19.3.